The van der Waals surface area contributed by atoms with Crippen LogP contribution in [0.25, 0.3) is 0 Å². The van der Waals surface area contributed by atoms with Crippen molar-refractivity contribution < 1.29 is 19.1 Å². The Kier molecular flexibility index (Phi) is 9.41. The molecule has 3 amide bonds. The van der Waals surface area contributed by atoms with Crippen molar-refractivity contribution in [1.29, 1.82) is 0 Å². The van der Waals surface area contributed by atoms with E-state index in [4.69, 9.17) is 4.74 Å². The van der Waals surface area contributed by atoms with Crippen LogP contribution in [0.2, 0.25) is 0 Å². The number of amides is 3. The zero-order valence-corrected chi connectivity index (χ0v) is 19.0. The molecule has 0 aliphatic carbocycles. The first kappa shape index (κ1) is 24.4. The smallest absolute Gasteiger partial charge is 0.257 e. The molecule has 0 aromatic heterocycles. The maximum absolute atomic E-state index is 12.7. The maximum Gasteiger partial charge on any atom is 0.257 e. The molecule has 8 heteroatoms. The van der Waals surface area contributed by atoms with E-state index in [2.05, 4.69) is 16.0 Å². The normalized spacial score (nSPS) is 14.5. The molecule has 3 N–H and O–H groups in total. The molecule has 2 aromatic rings. The zero-order valence-electron chi connectivity index (χ0n) is 19.0. The van der Waals surface area contributed by atoms with Crippen LogP contribution in [0.3, 0.4) is 0 Å². The molecule has 0 bridgehead atoms. The van der Waals surface area contributed by atoms with Crippen molar-refractivity contribution >= 4 is 29.1 Å². The lowest BCUT2D eigenvalue weighted by Crippen LogP contribution is -2.43. The fourth-order valence-electron chi connectivity index (χ4n) is 3.83. The Labute approximate surface area is 194 Å². The second-order valence-electron chi connectivity index (χ2n) is 8.10. The Morgan fingerprint density at radius 2 is 1.67 bits per heavy atom. The Bertz CT molecular complexity index is 927. The van der Waals surface area contributed by atoms with Gasteiger partial charge in [-0.25, -0.2) is 0 Å². The second kappa shape index (κ2) is 12.7. The van der Waals surface area contributed by atoms with Crippen molar-refractivity contribution in [1.82, 2.24) is 10.2 Å². The largest absolute Gasteiger partial charge is 0.385 e. The number of benzene rings is 2. The standard InChI is InChI=1S/C25H32N4O4/c1-33-17-7-14-26-24(31)19-12-15-29(16-13-19)18-23(30)28-22-11-6-5-10-21(22)25(32)27-20-8-3-2-4-9-20/h2-6,8-11,19H,7,12-18H2,1H3,(H,26,31)(H,27,32)(H,28,30). The van der Waals surface area contributed by atoms with E-state index in [1.54, 1.807) is 31.4 Å². The lowest BCUT2D eigenvalue weighted by molar-refractivity contribution is -0.126. The highest BCUT2D eigenvalue weighted by Crippen LogP contribution is 2.19. The highest BCUT2D eigenvalue weighted by Gasteiger charge is 2.26. The summed E-state index contributed by atoms with van der Waals surface area (Å²) in [5.41, 5.74) is 1.56. The number of para-hydroxylation sites is 2. The van der Waals surface area contributed by atoms with Crippen molar-refractivity contribution in [3.63, 3.8) is 0 Å². The van der Waals surface area contributed by atoms with Crippen molar-refractivity contribution in [2.45, 2.75) is 19.3 Å². The Hall–Kier alpha value is -3.23. The number of nitrogens with zero attached hydrogens (tertiary/aromatic N) is 1. The third-order valence-corrected chi connectivity index (χ3v) is 5.63. The summed E-state index contributed by atoms with van der Waals surface area (Å²) in [5.74, 6) is -0.408. The Morgan fingerprint density at radius 1 is 0.970 bits per heavy atom. The van der Waals surface area contributed by atoms with Crippen molar-refractivity contribution in [3.05, 3.63) is 60.2 Å². The topological polar surface area (TPSA) is 99.8 Å². The monoisotopic (exact) mass is 452 g/mol. The lowest BCUT2D eigenvalue weighted by Gasteiger charge is -2.30. The summed E-state index contributed by atoms with van der Waals surface area (Å²) >= 11 is 0. The molecule has 0 saturated carbocycles. The minimum absolute atomic E-state index is 0.0192. The molecule has 176 valence electrons. The van der Waals surface area contributed by atoms with Crippen LogP contribution >= 0.6 is 0 Å². The molecule has 8 nitrogen and oxygen atoms in total. The third kappa shape index (κ3) is 7.69. The molecule has 1 aliphatic heterocycles. The summed E-state index contributed by atoms with van der Waals surface area (Å²) in [6, 6.07) is 16.1. The summed E-state index contributed by atoms with van der Waals surface area (Å²) in [6.07, 6.45) is 2.24. The summed E-state index contributed by atoms with van der Waals surface area (Å²) < 4.78 is 4.99. The minimum Gasteiger partial charge on any atom is -0.385 e. The first-order valence-electron chi connectivity index (χ1n) is 11.3. The number of anilines is 2. The van der Waals surface area contributed by atoms with Gasteiger partial charge in [-0.2, -0.15) is 0 Å². The van der Waals surface area contributed by atoms with Gasteiger partial charge in [0.05, 0.1) is 17.8 Å². The van der Waals surface area contributed by atoms with Crippen LogP contribution in [0.4, 0.5) is 11.4 Å². The van der Waals surface area contributed by atoms with E-state index in [0.717, 1.165) is 19.3 Å². The molecule has 1 aliphatic rings. The number of carbonyl (C=O) groups excluding carboxylic acids is 3. The number of hydrogen-bond acceptors (Lipinski definition) is 5. The Morgan fingerprint density at radius 3 is 2.39 bits per heavy atom. The van der Waals surface area contributed by atoms with Crippen LogP contribution in [0, 0.1) is 5.92 Å². The predicted molar refractivity (Wildman–Crippen MR) is 128 cm³/mol. The van der Waals surface area contributed by atoms with Crippen LogP contribution in [0.5, 0.6) is 0 Å². The predicted octanol–water partition coefficient (Wildman–Crippen LogP) is 2.74. The first-order chi connectivity index (χ1) is 16.1. The summed E-state index contributed by atoms with van der Waals surface area (Å²) in [6.45, 7) is 2.83. The van der Waals surface area contributed by atoms with Crippen LogP contribution in [-0.2, 0) is 14.3 Å². The molecule has 1 fully saturated rings. The number of carbonyl (C=O) groups is 3. The van der Waals surface area contributed by atoms with E-state index in [1.807, 2.05) is 35.2 Å². The van der Waals surface area contributed by atoms with Crippen LogP contribution in [0.1, 0.15) is 29.6 Å². The molecule has 0 atom stereocenters. The SMILES string of the molecule is COCCCNC(=O)C1CCN(CC(=O)Nc2ccccc2C(=O)Nc2ccccc2)CC1. The molecule has 1 heterocycles. The average molecular weight is 453 g/mol. The van der Waals surface area contributed by atoms with Crippen LogP contribution in [0.15, 0.2) is 54.6 Å². The molecule has 0 unspecified atom stereocenters. The molecule has 33 heavy (non-hydrogen) atoms. The van der Waals surface area contributed by atoms with E-state index in [0.29, 0.717) is 43.2 Å². The summed E-state index contributed by atoms with van der Waals surface area (Å²) in [5, 5.41) is 8.67. The van der Waals surface area contributed by atoms with Gasteiger partial charge in [0.1, 0.15) is 0 Å². The molecular formula is C25H32N4O4. The van der Waals surface area contributed by atoms with Gasteiger partial charge in [-0.05, 0) is 56.6 Å². The highest BCUT2D eigenvalue weighted by molar-refractivity contribution is 6.10. The van der Waals surface area contributed by atoms with Crippen molar-refractivity contribution in [2.24, 2.45) is 5.92 Å². The molecule has 0 spiro atoms. The quantitative estimate of drug-likeness (QED) is 0.482. The Balaban J connectivity index is 1.47. The van der Waals surface area contributed by atoms with Gasteiger partial charge in [-0.3, -0.25) is 19.3 Å². The molecule has 0 radical (unpaired) electrons. The first-order valence-corrected chi connectivity index (χ1v) is 11.3. The van der Waals surface area contributed by atoms with E-state index < -0.39 is 0 Å². The van der Waals surface area contributed by atoms with Crippen molar-refractivity contribution in [3.8, 4) is 0 Å². The van der Waals surface area contributed by atoms with Gasteiger partial charge in [0.2, 0.25) is 11.8 Å². The number of piperidine rings is 1. The molecule has 1 saturated heterocycles. The number of ether oxygens (including phenoxy) is 1. The van der Waals surface area contributed by atoms with Gasteiger partial charge in [-0.15, -0.1) is 0 Å². The zero-order chi connectivity index (χ0) is 23.5. The summed E-state index contributed by atoms with van der Waals surface area (Å²) in [7, 11) is 1.64. The van der Waals surface area contributed by atoms with E-state index in [1.165, 1.54) is 0 Å². The second-order valence-corrected chi connectivity index (χ2v) is 8.10. The van der Waals surface area contributed by atoms with Crippen LogP contribution < -0.4 is 16.0 Å². The van der Waals surface area contributed by atoms with Gasteiger partial charge in [0.15, 0.2) is 0 Å². The molecular weight excluding hydrogens is 420 g/mol. The highest BCUT2D eigenvalue weighted by atomic mass is 16.5. The number of methoxy groups -OCH3 is 1. The number of nitrogens with one attached hydrogen (secondary N) is 3. The third-order valence-electron chi connectivity index (χ3n) is 5.63. The number of hydrogen-bond donors (Lipinski definition) is 3. The summed E-state index contributed by atoms with van der Waals surface area (Å²) in [4.78, 5) is 39.7. The van der Waals surface area contributed by atoms with Crippen molar-refractivity contribution in [2.75, 3.05) is 50.5 Å². The fourth-order valence-corrected chi connectivity index (χ4v) is 3.83. The van der Waals surface area contributed by atoms with E-state index in [9.17, 15) is 14.4 Å². The van der Waals surface area contributed by atoms with Gasteiger partial charge in [0, 0.05) is 31.9 Å². The van der Waals surface area contributed by atoms with Gasteiger partial charge >= 0.3 is 0 Å². The van der Waals surface area contributed by atoms with E-state index >= 15 is 0 Å². The van der Waals surface area contributed by atoms with Gasteiger partial charge in [0.25, 0.3) is 5.91 Å². The minimum atomic E-state index is -0.283. The van der Waals surface area contributed by atoms with E-state index in [-0.39, 0.29) is 30.2 Å². The molecule has 3 rings (SSSR count). The van der Waals surface area contributed by atoms with Crippen LogP contribution in [-0.4, -0.2) is 62.5 Å². The van der Waals surface area contributed by atoms with Gasteiger partial charge < -0.3 is 20.7 Å². The van der Waals surface area contributed by atoms with Gasteiger partial charge in [-0.1, -0.05) is 30.3 Å². The molecule has 2 aromatic carbocycles. The fraction of sp³-hybridized carbons (Fsp3) is 0.400. The maximum atomic E-state index is 12.7. The average Bonchev–Trinajstić information content (AvgIpc) is 2.83. The number of rotatable bonds is 10. The number of likely N-dealkylation sites (tertiary alicyclic amines) is 1. The lowest BCUT2D eigenvalue weighted by atomic mass is 9.96.